The Balaban J connectivity index is 3.26. The van der Waals surface area contributed by atoms with Gasteiger partial charge in [0, 0.05) is 19.7 Å². The molecule has 1 aromatic carbocycles. The molecule has 4 heteroatoms. The van der Waals surface area contributed by atoms with Crippen LogP contribution in [0.1, 0.15) is 5.56 Å². The van der Waals surface area contributed by atoms with Gasteiger partial charge in [0.1, 0.15) is 11.7 Å². The number of amidine groups is 1. The van der Waals surface area contributed by atoms with E-state index < -0.39 is 0 Å². The molecule has 0 heterocycles. The lowest BCUT2D eigenvalue weighted by Crippen LogP contribution is -2.18. The average Bonchev–Trinajstić information content (AvgIpc) is 2.03. The minimum atomic E-state index is -0.325. The first-order valence-corrected chi connectivity index (χ1v) is 3.83. The third kappa shape index (κ3) is 1.96. The van der Waals surface area contributed by atoms with Gasteiger partial charge in [-0.05, 0) is 18.2 Å². The van der Waals surface area contributed by atoms with Crippen molar-refractivity contribution in [2.24, 2.45) is 5.73 Å². The van der Waals surface area contributed by atoms with Crippen molar-refractivity contribution in [3.63, 3.8) is 0 Å². The molecule has 1 aromatic rings. The number of nitrogens with zero attached hydrogens (tertiary/aromatic N) is 1. The maximum absolute atomic E-state index is 12.8. The molecule has 0 saturated heterocycles. The molecule has 0 aliphatic carbocycles. The average molecular weight is 181 g/mol. The standard InChI is InChI=1S/C9H12FN3/c1-13(2)8-5-6(10)3-4-7(8)9(11)12/h3-5H,1-2H3,(H3,11,12). The number of hydrogen-bond acceptors (Lipinski definition) is 2. The van der Waals surface area contributed by atoms with E-state index in [1.54, 1.807) is 19.0 Å². The molecule has 0 bridgehead atoms. The van der Waals surface area contributed by atoms with Gasteiger partial charge in [0.25, 0.3) is 0 Å². The number of benzene rings is 1. The minimum Gasteiger partial charge on any atom is -0.384 e. The number of nitrogens with one attached hydrogen (secondary N) is 1. The predicted octanol–water partition coefficient (Wildman–Crippen LogP) is 1.18. The third-order valence-electron chi connectivity index (χ3n) is 1.73. The molecular formula is C9H12FN3. The molecule has 3 nitrogen and oxygen atoms in total. The molecule has 0 aliphatic heterocycles. The highest BCUT2D eigenvalue weighted by molar-refractivity contribution is 6.00. The number of nitrogen functional groups attached to an aromatic ring is 1. The van der Waals surface area contributed by atoms with Crippen molar-refractivity contribution in [1.82, 2.24) is 0 Å². The Bertz CT molecular complexity index is 334. The monoisotopic (exact) mass is 181 g/mol. The molecule has 0 amide bonds. The van der Waals surface area contributed by atoms with Crippen LogP contribution in [0, 0.1) is 11.2 Å². The summed E-state index contributed by atoms with van der Waals surface area (Å²) in [7, 11) is 3.56. The van der Waals surface area contributed by atoms with Gasteiger partial charge in [-0.15, -0.1) is 0 Å². The van der Waals surface area contributed by atoms with Crippen LogP contribution >= 0.6 is 0 Å². The van der Waals surface area contributed by atoms with Crippen LogP contribution in [0.3, 0.4) is 0 Å². The van der Waals surface area contributed by atoms with Gasteiger partial charge < -0.3 is 10.6 Å². The van der Waals surface area contributed by atoms with E-state index >= 15 is 0 Å². The molecule has 0 saturated carbocycles. The van der Waals surface area contributed by atoms with Crippen molar-refractivity contribution < 1.29 is 4.39 Å². The first-order chi connectivity index (χ1) is 6.02. The van der Waals surface area contributed by atoms with Crippen molar-refractivity contribution in [2.45, 2.75) is 0 Å². The normalized spacial score (nSPS) is 9.77. The van der Waals surface area contributed by atoms with E-state index in [4.69, 9.17) is 11.1 Å². The van der Waals surface area contributed by atoms with E-state index in [2.05, 4.69) is 0 Å². The molecule has 0 aliphatic rings. The van der Waals surface area contributed by atoms with Gasteiger partial charge >= 0.3 is 0 Å². The molecule has 0 spiro atoms. The summed E-state index contributed by atoms with van der Waals surface area (Å²) >= 11 is 0. The second kappa shape index (κ2) is 3.43. The van der Waals surface area contributed by atoms with Crippen molar-refractivity contribution in [2.75, 3.05) is 19.0 Å². The summed E-state index contributed by atoms with van der Waals surface area (Å²) in [6.07, 6.45) is 0. The number of nitrogens with two attached hydrogens (primary N) is 1. The molecule has 13 heavy (non-hydrogen) atoms. The Labute approximate surface area is 76.5 Å². The Morgan fingerprint density at radius 3 is 2.54 bits per heavy atom. The van der Waals surface area contributed by atoms with Crippen LogP contribution < -0.4 is 10.6 Å². The molecule has 0 unspecified atom stereocenters. The summed E-state index contributed by atoms with van der Waals surface area (Å²) < 4.78 is 12.8. The predicted molar refractivity (Wildman–Crippen MR) is 51.7 cm³/mol. The Kier molecular flexibility index (Phi) is 2.51. The second-order valence-electron chi connectivity index (χ2n) is 2.97. The van der Waals surface area contributed by atoms with E-state index in [9.17, 15) is 4.39 Å². The largest absolute Gasteiger partial charge is 0.384 e. The second-order valence-corrected chi connectivity index (χ2v) is 2.97. The molecule has 0 fully saturated rings. The lowest BCUT2D eigenvalue weighted by molar-refractivity contribution is 0.627. The molecule has 3 N–H and O–H groups in total. The minimum absolute atomic E-state index is 0.0521. The zero-order valence-electron chi connectivity index (χ0n) is 7.63. The summed E-state index contributed by atoms with van der Waals surface area (Å²) in [5.74, 6) is -0.377. The molecular weight excluding hydrogens is 169 g/mol. The highest BCUT2D eigenvalue weighted by Gasteiger charge is 2.07. The quantitative estimate of drug-likeness (QED) is 0.531. The molecule has 0 radical (unpaired) electrons. The van der Waals surface area contributed by atoms with Crippen LogP contribution in [0.15, 0.2) is 18.2 Å². The van der Waals surface area contributed by atoms with Gasteiger partial charge in [0.2, 0.25) is 0 Å². The Morgan fingerprint density at radius 1 is 1.46 bits per heavy atom. The first-order valence-electron chi connectivity index (χ1n) is 3.83. The van der Waals surface area contributed by atoms with Gasteiger partial charge in [0.15, 0.2) is 0 Å². The maximum atomic E-state index is 12.8. The fourth-order valence-corrected chi connectivity index (χ4v) is 1.10. The van der Waals surface area contributed by atoms with Crippen molar-refractivity contribution in [3.05, 3.63) is 29.6 Å². The van der Waals surface area contributed by atoms with E-state index in [1.807, 2.05) is 0 Å². The van der Waals surface area contributed by atoms with Crippen molar-refractivity contribution in [3.8, 4) is 0 Å². The molecule has 1 rings (SSSR count). The van der Waals surface area contributed by atoms with Gasteiger partial charge in [-0.1, -0.05) is 0 Å². The van der Waals surface area contributed by atoms with E-state index in [0.717, 1.165) is 0 Å². The van der Waals surface area contributed by atoms with E-state index in [0.29, 0.717) is 11.3 Å². The van der Waals surface area contributed by atoms with Crippen LogP contribution in [-0.4, -0.2) is 19.9 Å². The van der Waals surface area contributed by atoms with Crippen LogP contribution in [0.4, 0.5) is 10.1 Å². The van der Waals surface area contributed by atoms with E-state index in [1.165, 1.54) is 18.2 Å². The summed E-state index contributed by atoms with van der Waals surface area (Å²) in [5, 5.41) is 7.27. The van der Waals surface area contributed by atoms with E-state index in [-0.39, 0.29) is 11.7 Å². The Hall–Kier alpha value is -1.58. The lowest BCUT2D eigenvalue weighted by atomic mass is 10.1. The fraction of sp³-hybridized carbons (Fsp3) is 0.222. The molecule has 0 aromatic heterocycles. The van der Waals surface area contributed by atoms with Crippen LogP contribution in [0.25, 0.3) is 0 Å². The summed E-state index contributed by atoms with van der Waals surface area (Å²) in [6, 6.07) is 4.16. The molecule has 70 valence electrons. The van der Waals surface area contributed by atoms with Crippen LogP contribution in [-0.2, 0) is 0 Å². The van der Waals surface area contributed by atoms with Gasteiger partial charge in [-0.3, -0.25) is 5.41 Å². The smallest absolute Gasteiger partial charge is 0.125 e. The summed E-state index contributed by atoms with van der Waals surface area (Å²) in [6.45, 7) is 0. The van der Waals surface area contributed by atoms with Crippen molar-refractivity contribution >= 4 is 11.5 Å². The zero-order chi connectivity index (χ0) is 10.0. The highest BCUT2D eigenvalue weighted by atomic mass is 19.1. The summed E-state index contributed by atoms with van der Waals surface area (Å²) in [4.78, 5) is 1.72. The summed E-state index contributed by atoms with van der Waals surface area (Å²) in [5.41, 5.74) is 6.50. The highest BCUT2D eigenvalue weighted by Crippen LogP contribution is 2.18. The topological polar surface area (TPSA) is 53.1 Å². The van der Waals surface area contributed by atoms with Gasteiger partial charge in [-0.2, -0.15) is 0 Å². The van der Waals surface area contributed by atoms with Crippen LogP contribution in [0.2, 0.25) is 0 Å². The maximum Gasteiger partial charge on any atom is 0.125 e. The molecule has 0 atom stereocenters. The number of anilines is 1. The fourth-order valence-electron chi connectivity index (χ4n) is 1.10. The first kappa shape index (κ1) is 9.51. The Morgan fingerprint density at radius 2 is 2.08 bits per heavy atom. The number of rotatable bonds is 2. The lowest BCUT2D eigenvalue weighted by Gasteiger charge is -2.16. The SMILES string of the molecule is CN(C)c1cc(F)ccc1C(=N)N. The number of hydrogen-bond donors (Lipinski definition) is 2. The zero-order valence-corrected chi connectivity index (χ0v) is 7.63. The third-order valence-corrected chi connectivity index (χ3v) is 1.73. The number of halogens is 1. The van der Waals surface area contributed by atoms with Gasteiger partial charge in [0.05, 0.1) is 5.69 Å². The van der Waals surface area contributed by atoms with Crippen LogP contribution in [0.5, 0.6) is 0 Å². The van der Waals surface area contributed by atoms with Crippen molar-refractivity contribution in [1.29, 1.82) is 5.41 Å². The van der Waals surface area contributed by atoms with Gasteiger partial charge in [-0.25, -0.2) is 4.39 Å².